The predicted octanol–water partition coefficient (Wildman–Crippen LogP) is 4.09. The van der Waals surface area contributed by atoms with Crippen LogP contribution in [0.4, 0.5) is 0 Å². The van der Waals surface area contributed by atoms with Crippen molar-refractivity contribution in [2.75, 3.05) is 5.88 Å². The topological polar surface area (TPSA) is 20.2 Å². The SMILES string of the molecule is Oc1c(Br)cc(CCCCl)cc1Br. The molecule has 0 aliphatic rings. The van der Waals surface area contributed by atoms with E-state index >= 15 is 0 Å². The number of rotatable bonds is 3. The van der Waals surface area contributed by atoms with Gasteiger partial charge in [-0.1, -0.05) is 0 Å². The Balaban J connectivity index is 2.86. The molecule has 0 aromatic heterocycles. The van der Waals surface area contributed by atoms with Gasteiger partial charge >= 0.3 is 0 Å². The molecular formula is C9H9Br2ClO. The van der Waals surface area contributed by atoms with Crippen molar-refractivity contribution in [3.8, 4) is 5.75 Å². The van der Waals surface area contributed by atoms with Crippen molar-refractivity contribution in [3.63, 3.8) is 0 Å². The summed E-state index contributed by atoms with van der Waals surface area (Å²) in [6.07, 6.45) is 1.88. The van der Waals surface area contributed by atoms with Gasteiger partial charge in [0.2, 0.25) is 0 Å². The van der Waals surface area contributed by atoms with Gasteiger partial charge in [-0.2, -0.15) is 0 Å². The molecule has 0 aliphatic heterocycles. The molecule has 1 N–H and O–H groups in total. The summed E-state index contributed by atoms with van der Waals surface area (Å²) in [5.74, 6) is 0.908. The Morgan fingerprint density at radius 3 is 2.23 bits per heavy atom. The summed E-state index contributed by atoms with van der Waals surface area (Å²) >= 11 is 12.1. The fourth-order valence-corrected chi connectivity index (χ4v) is 2.45. The normalized spacial score (nSPS) is 10.4. The van der Waals surface area contributed by atoms with Gasteiger partial charge in [-0.05, 0) is 62.4 Å². The number of hydrogen-bond donors (Lipinski definition) is 1. The molecule has 13 heavy (non-hydrogen) atoms. The van der Waals surface area contributed by atoms with Gasteiger partial charge < -0.3 is 5.11 Å². The summed E-state index contributed by atoms with van der Waals surface area (Å²) in [6, 6.07) is 3.82. The molecule has 0 spiro atoms. The highest BCUT2D eigenvalue weighted by Gasteiger charge is 2.05. The number of phenols is 1. The van der Waals surface area contributed by atoms with Crippen molar-refractivity contribution in [1.29, 1.82) is 0 Å². The summed E-state index contributed by atoms with van der Waals surface area (Å²) < 4.78 is 1.43. The number of aromatic hydroxyl groups is 1. The number of halogens is 3. The van der Waals surface area contributed by atoms with Gasteiger partial charge in [-0.15, -0.1) is 11.6 Å². The van der Waals surface area contributed by atoms with E-state index in [1.165, 1.54) is 0 Å². The van der Waals surface area contributed by atoms with E-state index in [1.807, 2.05) is 12.1 Å². The molecule has 1 rings (SSSR count). The Hall–Kier alpha value is 0.270. The lowest BCUT2D eigenvalue weighted by Crippen LogP contribution is -1.87. The van der Waals surface area contributed by atoms with Gasteiger partial charge in [0.15, 0.2) is 0 Å². The maximum atomic E-state index is 9.44. The third-order valence-corrected chi connectivity index (χ3v) is 3.15. The molecule has 0 unspecified atom stereocenters. The molecule has 0 fully saturated rings. The van der Waals surface area contributed by atoms with E-state index < -0.39 is 0 Å². The summed E-state index contributed by atoms with van der Waals surface area (Å²) in [6.45, 7) is 0. The molecule has 0 saturated heterocycles. The first-order valence-corrected chi connectivity index (χ1v) is 6.00. The predicted molar refractivity (Wildman–Crippen MR) is 62.5 cm³/mol. The minimum absolute atomic E-state index is 0.245. The largest absolute Gasteiger partial charge is 0.506 e. The molecule has 0 atom stereocenters. The lowest BCUT2D eigenvalue weighted by molar-refractivity contribution is 0.468. The van der Waals surface area contributed by atoms with Gasteiger partial charge in [-0.25, -0.2) is 0 Å². The smallest absolute Gasteiger partial charge is 0.143 e. The molecule has 0 radical (unpaired) electrons. The Labute approximate surface area is 99.4 Å². The summed E-state index contributed by atoms with van der Waals surface area (Å²) in [5.41, 5.74) is 1.16. The molecule has 1 aromatic carbocycles. The molecule has 0 heterocycles. The van der Waals surface area contributed by atoms with E-state index in [4.69, 9.17) is 11.6 Å². The van der Waals surface area contributed by atoms with Crippen LogP contribution in [-0.4, -0.2) is 11.0 Å². The first kappa shape index (κ1) is 11.3. The quantitative estimate of drug-likeness (QED) is 0.829. The Bertz CT molecular complexity index is 279. The second-order valence-electron chi connectivity index (χ2n) is 2.70. The van der Waals surface area contributed by atoms with Gasteiger partial charge in [0.1, 0.15) is 5.75 Å². The van der Waals surface area contributed by atoms with Gasteiger partial charge in [0.25, 0.3) is 0 Å². The molecule has 4 heteroatoms. The van der Waals surface area contributed by atoms with Crippen LogP contribution in [0.5, 0.6) is 5.75 Å². The first-order chi connectivity index (χ1) is 6.15. The monoisotopic (exact) mass is 326 g/mol. The standard InChI is InChI=1S/C9H9Br2ClO/c10-7-4-6(2-1-3-12)5-8(11)9(7)13/h4-5,13H,1-3H2. The third kappa shape index (κ3) is 3.15. The number of phenolic OH excluding ortho intramolecular Hbond substituents is 1. The lowest BCUT2D eigenvalue weighted by Gasteiger charge is -2.04. The van der Waals surface area contributed by atoms with Crippen LogP contribution in [0.2, 0.25) is 0 Å². The van der Waals surface area contributed by atoms with Gasteiger partial charge in [-0.3, -0.25) is 0 Å². The maximum absolute atomic E-state index is 9.44. The maximum Gasteiger partial charge on any atom is 0.143 e. The van der Waals surface area contributed by atoms with Crippen LogP contribution in [0.15, 0.2) is 21.1 Å². The number of aryl methyl sites for hydroxylation is 1. The van der Waals surface area contributed by atoms with Crippen molar-refractivity contribution in [1.82, 2.24) is 0 Å². The van der Waals surface area contributed by atoms with E-state index in [1.54, 1.807) is 0 Å². The lowest BCUT2D eigenvalue weighted by atomic mass is 10.1. The van der Waals surface area contributed by atoms with Gasteiger partial charge in [0, 0.05) is 5.88 Å². The molecule has 0 amide bonds. The minimum atomic E-state index is 0.245. The molecular weight excluding hydrogens is 319 g/mol. The van der Waals surface area contributed by atoms with Crippen LogP contribution < -0.4 is 0 Å². The van der Waals surface area contributed by atoms with E-state index in [0.717, 1.165) is 18.4 Å². The molecule has 1 nitrogen and oxygen atoms in total. The first-order valence-electron chi connectivity index (χ1n) is 3.88. The summed E-state index contributed by atoms with van der Waals surface area (Å²) in [4.78, 5) is 0. The van der Waals surface area contributed by atoms with Crippen LogP contribution in [0.1, 0.15) is 12.0 Å². The summed E-state index contributed by atoms with van der Waals surface area (Å²) in [5, 5.41) is 9.44. The van der Waals surface area contributed by atoms with Crippen molar-refractivity contribution in [2.45, 2.75) is 12.8 Å². The third-order valence-electron chi connectivity index (χ3n) is 1.68. The van der Waals surface area contributed by atoms with E-state index in [-0.39, 0.29) is 5.75 Å². The minimum Gasteiger partial charge on any atom is -0.506 e. The highest BCUT2D eigenvalue weighted by Crippen LogP contribution is 2.33. The number of benzene rings is 1. The number of hydrogen-bond acceptors (Lipinski definition) is 1. The highest BCUT2D eigenvalue weighted by molar-refractivity contribution is 9.11. The summed E-state index contributed by atoms with van der Waals surface area (Å²) in [7, 11) is 0. The van der Waals surface area contributed by atoms with Gasteiger partial charge in [0.05, 0.1) is 8.95 Å². The van der Waals surface area contributed by atoms with Crippen LogP contribution in [0, 0.1) is 0 Å². The molecule has 1 aromatic rings. The van der Waals surface area contributed by atoms with Crippen LogP contribution in [0.3, 0.4) is 0 Å². The van der Waals surface area contributed by atoms with Crippen LogP contribution in [0.25, 0.3) is 0 Å². The molecule has 0 bridgehead atoms. The molecule has 72 valence electrons. The van der Waals surface area contributed by atoms with Crippen molar-refractivity contribution >= 4 is 43.5 Å². The van der Waals surface area contributed by atoms with E-state index in [0.29, 0.717) is 14.8 Å². The zero-order valence-corrected chi connectivity index (χ0v) is 10.8. The van der Waals surface area contributed by atoms with E-state index in [2.05, 4.69) is 31.9 Å². The second kappa shape index (κ2) is 5.23. The van der Waals surface area contributed by atoms with Crippen LogP contribution in [-0.2, 0) is 6.42 Å². The van der Waals surface area contributed by atoms with Crippen LogP contribution >= 0.6 is 43.5 Å². The fraction of sp³-hybridized carbons (Fsp3) is 0.333. The fourth-order valence-electron chi connectivity index (χ4n) is 1.03. The highest BCUT2D eigenvalue weighted by atomic mass is 79.9. The molecule has 0 saturated carbocycles. The molecule has 0 aliphatic carbocycles. The average Bonchev–Trinajstić information content (AvgIpc) is 2.10. The second-order valence-corrected chi connectivity index (χ2v) is 4.79. The van der Waals surface area contributed by atoms with Crippen molar-refractivity contribution < 1.29 is 5.11 Å². The van der Waals surface area contributed by atoms with E-state index in [9.17, 15) is 5.11 Å². The Morgan fingerprint density at radius 1 is 1.23 bits per heavy atom. The average molecular weight is 328 g/mol. The Morgan fingerprint density at radius 2 is 1.77 bits per heavy atom. The Kier molecular flexibility index (Phi) is 4.56. The zero-order valence-electron chi connectivity index (χ0n) is 6.86. The van der Waals surface area contributed by atoms with Crippen molar-refractivity contribution in [3.05, 3.63) is 26.6 Å². The van der Waals surface area contributed by atoms with Crippen molar-refractivity contribution in [2.24, 2.45) is 0 Å². The zero-order chi connectivity index (χ0) is 9.84. The number of alkyl halides is 1.